The second-order valence-electron chi connectivity index (χ2n) is 7.03. The molecule has 0 aliphatic carbocycles. The monoisotopic (exact) mass is 368 g/mol. The summed E-state index contributed by atoms with van der Waals surface area (Å²) >= 11 is 0. The molecule has 3 rings (SSSR count). The summed E-state index contributed by atoms with van der Waals surface area (Å²) in [4.78, 5) is 0. The maximum Gasteiger partial charge on any atom is 0.387 e. The lowest BCUT2D eigenvalue weighted by Crippen LogP contribution is -2.05. The lowest BCUT2D eigenvalue weighted by atomic mass is 9.87. The highest BCUT2D eigenvalue weighted by Crippen LogP contribution is 2.29. The summed E-state index contributed by atoms with van der Waals surface area (Å²) in [5, 5.41) is 2.50. The SMILES string of the molecule is CCCCCC(Cc1ccc2ccccc2c1)c1ccc(OC(F)F)cc1. The molecule has 1 nitrogen and oxygen atoms in total. The summed E-state index contributed by atoms with van der Waals surface area (Å²) in [5.41, 5.74) is 2.49. The van der Waals surface area contributed by atoms with E-state index in [0.29, 0.717) is 5.92 Å². The van der Waals surface area contributed by atoms with Gasteiger partial charge in [-0.15, -0.1) is 0 Å². The van der Waals surface area contributed by atoms with Crippen LogP contribution in [0.25, 0.3) is 10.8 Å². The van der Waals surface area contributed by atoms with Crippen molar-refractivity contribution in [2.75, 3.05) is 0 Å². The minimum atomic E-state index is -2.78. The average Bonchev–Trinajstić information content (AvgIpc) is 2.67. The van der Waals surface area contributed by atoms with Crippen molar-refractivity contribution in [1.29, 1.82) is 0 Å². The lowest BCUT2D eigenvalue weighted by molar-refractivity contribution is -0.0498. The van der Waals surface area contributed by atoms with Gasteiger partial charge in [-0.3, -0.25) is 0 Å². The quantitative estimate of drug-likeness (QED) is 0.359. The van der Waals surface area contributed by atoms with Crippen molar-refractivity contribution in [2.45, 2.75) is 51.6 Å². The van der Waals surface area contributed by atoms with E-state index >= 15 is 0 Å². The molecule has 0 aliphatic heterocycles. The number of halogens is 2. The lowest BCUT2D eigenvalue weighted by Gasteiger charge is -2.18. The summed E-state index contributed by atoms with van der Waals surface area (Å²) in [5.74, 6) is 0.588. The van der Waals surface area contributed by atoms with Crippen LogP contribution in [0.1, 0.15) is 49.7 Å². The molecule has 0 spiro atoms. The maximum atomic E-state index is 12.4. The Hall–Kier alpha value is -2.42. The first-order valence-corrected chi connectivity index (χ1v) is 9.68. The largest absolute Gasteiger partial charge is 0.435 e. The Kier molecular flexibility index (Phi) is 6.80. The molecule has 0 saturated carbocycles. The Morgan fingerprint density at radius 3 is 2.30 bits per heavy atom. The van der Waals surface area contributed by atoms with Crippen molar-refractivity contribution >= 4 is 10.8 Å². The highest BCUT2D eigenvalue weighted by molar-refractivity contribution is 5.83. The van der Waals surface area contributed by atoms with Crippen molar-refractivity contribution in [2.24, 2.45) is 0 Å². The highest BCUT2D eigenvalue weighted by atomic mass is 19.3. The second-order valence-corrected chi connectivity index (χ2v) is 7.03. The van der Waals surface area contributed by atoms with Crippen LogP contribution in [0.5, 0.6) is 5.75 Å². The van der Waals surface area contributed by atoms with Gasteiger partial charge in [-0.1, -0.05) is 80.8 Å². The number of fused-ring (bicyclic) bond motifs is 1. The molecule has 0 amide bonds. The molecule has 3 heteroatoms. The normalized spacial score (nSPS) is 12.4. The van der Waals surface area contributed by atoms with Gasteiger partial charge in [0.25, 0.3) is 0 Å². The van der Waals surface area contributed by atoms with E-state index in [2.05, 4.69) is 54.1 Å². The molecule has 0 radical (unpaired) electrons. The van der Waals surface area contributed by atoms with E-state index in [0.717, 1.165) is 12.8 Å². The van der Waals surface area contributed by atoms with Gasteiger partial charge in [0.05, 0.1) is 0 Å². The minimum Gasteiger partial charge on any atom is -0.435 e. The first-order valence-electron chi connectivity index (χ1n) is 9.68. The first-order chi connectivity index (χ1) is 13.2. The van der Waals surface area contributed by atoms with Gasteiger partial charge in [0, 0.05) is 0 Å². The summed E-state index contributed by atoms with van der Waals surface area (Å²) in [6.45, 7) is -0.580. The van der Waals surface area contributed by atoms with Crippen LogP contribution in [0.15, 0.2) is 66.7 Å². The molecule has 0 N–H and O–H groups in total. The third-order valence-corrected chi connectivity index (χ3v) is 5.03. The molecule has 142 valence electrons. The zero-order chi connectivity index (χ0) is 19.1. The zero-order valence-corrected chi connectivity index (χ0v) is 15.7. The first kappa shape index (κ1) is 19.3. The molecule has 0 bridgehead atoms. The fourth-order valence-electron chi connectivity index (χ4n) is 3.60. The standard InChI is InChI=1S/C24H26F2O/c1-2-3-4-8-22(20-12-14-23(15-13-20)27-24(25)26)17-18-10-11-19-7-5-6-9-21(19)16-18/h5-7,9-16,22,24H,2-4,8,17H2,1H3. The van der Waals surface area contributed by atoms with E-state index in [1.165, 1.54) is 41.2 Å². The average molecular weight is 368 g/mol. The van der Waals surface area contributed by atoms with Crippen molar-refractivity contribution in [3.8, 4) is 5.75 Å². The molecule has 0 aliphatic rings. The third-order valence-electron chi connectivity index (χ3n) is 5.03. The molecule has 1 atom stereocenters. The van der Waals surface area contributed by atoms with Gasteiger partial charge in [0.2, 0.25) is 0 Å². The molecular formula is C24H26F2O. The number of alkyl halides is 2. The van der Waals surface area contributed by atoms with Gasteiger partial charge in [-0.05, 0) is 52.8 Å². The molecule has 0 fully saturated rings. The summed E-state index contributed by atoms with van der Waals surface area (Å²) in [6, 6.07) is 22.2. The van der Waals surface area contributed by atoms with Crippen LogP contribution in [0.3, 0.4) is 0 Å². The van der Waals surface area contributed by atoms with Crippen molar-refractivity contribution in [1.82, 2.24) is 0 Å². The number of hydrogen-bond donors (Lipinski definition) is 0. The van der Waals surface area contributed by atoms with Crippen LogP contribution in [-0.4, -0.2) is 6.61 Å². The molecule has 0 aromatic heterocycles. The highest BCUT2D eigenvalue weighted by Gasteiger charge is 2.14. The van der Waals surface area contributed by atoms with E-state index in [1.807, 2.05) is 12.1 Å². The summed E-state index contributed by atoms with van der Waals surface area (Å²) in [7, 11) is 0. The Morgan fingerprint density at radius 1 is 0.852 bits per heavy atom. The van der Waals surface area contributed by atoms with Crippen LogP contribution in [0.2, 0.25) is 0 Å². The molecule has 27 heavy (non-hydrogen) atoms. The van der Waals surface area contributed by atoms with Gasteiger partial charge >= 0.3 is 6.61 Å². The third kappa shape index (κ3) is 5.53. The molecule has 0 heterocycles. The van der Waals surface area contributed by atoms with E-state index in [1.54, 1.807) is 12.1 Å². The number of hydrogen-bond acceptors (Lipinski definition) is 1. The number of benzene rings is 3. The molecular weight excluding hydrogens is 342 g/mol. The zero-order valence-electron chi connectivity index (χ0n) is 15.7. The predicted molar refractivity (Wildman–Crippen MR) is 108 cm³/mol. The van der Waals surface area contributed by atoms with Crippen LogP contribution in [0.4, 0.5) is 8.78 Å². The van der Waals surface area contributed by atoms with E-state index in [9.17, 15) is 8.78 Å². The fraction of sp³-hybridized carbons (Fsp3) is 0.333. The fourth-order valence-corrected chi connectivity index (χ4v) is 3.60. The molecule has 3 aromatic rings. The summed E-state index contributed by atoms with van der Waals surface area (Å²) < 4.78 is 29.2. The van der Waals surface area contributed by atoms with Gasteiger partial charge in [-0.25, -0.2) is 0 Å². The maximum absolute atomic E-state index is 12.4. The van der Waals surface area contributed by atoms with Gasteiger partial charge in [0.1, 0.15) is 5.75 Å². The van der Waals surface area contributed by atoms with Crippen LogP contribution in [0, 0.1) is 0 Å². The second kappa shape index (κ2) is 9.50. The Labute approximate surface area is 160 Å². The number of ether oxygens (including phenoxy) is 1. The van der Waals surface area contributed by atoms with Crippen LogP contribution < -0.4 is 4.74 Å². The van der Waals surface area contributed by atoms with E-state index in [4.69, 9.17) is 0 Å². The van der Waals surface area contributed by atoms with Gasteiger partial charge in [-0.2, -0.15) is 8.78 Å². The molecule has 3 aromatic carbocycles. The van der Waals surface area contributed by atoms with Crippen molar-refractivity contribution in [3.63, 3.8) is 0 Å². The number of rotatable bonds is 9. The van der Waals surface area contributed by atoms with Crippen LogP contribution in [-0.2, 0) is 6.42 Å². The smallest absolute Gasteiger partial charge is 0.387 e. The molecule has 0 saturated heterocycles. The van der Waals surface area contributed by atoms with Gasteiger partial charge in [0.15, 0.2) is 0 Å². The molecule has 1 unspecified atom stereocenters. The topological polar surface area (TPSA) is 9.23 Å². The Balaban J connectivity index is 1.79. The Bertz CT molecular complexity index is 842. The van der Waals surface area contributed by atoms with Crippen molar-refractivity contribution < 1.29 is 13.5 Å². The number of unbranched alkanes of at least 4 members (excludes halogenated alkanes) is 2. The minimum absolute atomic E-state index is 0.215. The van der Waals surface area contributed by atoms with Gasteiger partial charge < -0.3 is 4.74 Å². The van der Waals surface area contributed by atoms with Crippen LogP contribution >= 0.6 is 0 Å². The Morgan fingerprint density at radius 2 is 1.59 bits per heavy atom. The predicted octanol–water partition coefficient (Wildman–Crippen LogP) is 7.35. The van der Waals surface area contributed by atoms with Crippen molar-refractivity contribution in [3.05, 3.63) is 77.9 Å². The van der Waals surface area contributed by atoms with E-state index in [-0.39, 0.29) is 5.75 Å². The summed E-state index contributed by atoms with van der Waals surface area (Å²) in [6.07, 6.45) is 5.61. The van der Waals surface area contributed by atoms with E-state index < -0.39 is 6.61 Å².